The monoisotopic (exact) mass is 361 g/mol. The van der Waals surface area contributed by atoms with Gasteiger partial charge in [0.05, 0.1) is 19.6 Å². The van der Waals surface area contributed by atoms with Crippen molar-refractivity contribution < 1.29 is 33.4 Å². The second-order valence-electron chi connectivity index (χ2n) is 4.97. The molecular formula is C15H23NO7S. The molecule has 9 heteroatoms. The molecule has 0 saturated heterocycles. The molecule has 136 valence electrons. The first-order valence-corrected chi connectivity index (χ1v) is 8.53. The number of carbonyl (C=O) groups is 5. The molecule has 0 aromatic rings. The van der Waals surface area contributed by atoms with Crippen molar-refractivity contribution in [3.05, 3.63) is 0 Å². The summed E-state index contributed by atoms with van der Waals surface area (Å²) in [5.74, 6) is -3.47. The maximum absolute atomic E-state index is 11.8. The molecule has 0 radical (unpaired) electrons. The summed E-state index contributed by atoms with van der Waals surface area (Å²) >= 11 is 0.673. The summed E-state index contributed by atoms with van der Waals surface area (Å²) < 4.78 is 9.35. The van der Waals surface area contributed by atoms with E-state index in [0.29, 0.717) is 11.8 Å². The molecule has 0 spiro atoms. The fourth-order valence-corrected chi connectivity index (χ4v) is 2.20. The van der Waals surface area contributed by atoms with Crippen LogP contribution in [0.4, 0.5) is 0 Å². The summed E-state index contributed by atoms with van der Waals surface area (Å²) in [4.78, 5) is 57.9. The summed E-state index contributed by atoms with van der Waals surface area (Å²) in [5, 5.41) is 1.89. The molecular weight excluding hydrogens is 338 g/mol. The van der Waals surface area contributed by atoms with Gasteiger partial charge in [-0.05, 0) is 13.8 Å². The predicted octanol–water partition coefficient (Wildman–Crippen LogP) is 0.472. The largest absolute Gasteiger partial charge is 0.464 e. The standard InChI is InChI=1S/C15H23NO7S/c1-5-22-14(20)10(16-13(19)9(3)4)8-24-12(18)7-11(17)15(21)23-6-2/h9-10H,5-8H2,1-4H3,(H,16,19). The van der Waals surface area contributed by atoms with E-state index >= 15 is 0 Å². The van der Waals surface area contributed by atoms with Crippen molar-refractivity contribution in [1.82, 2.24) is 5.32 Å². The van der Waals surface area contributed by atoms with Crippen LogP contribution in [0.3, 0.4) is 0 Å². The van der Waals surface area contributed by atoms with Crippen LogP contribution < -0.4 is 5.32 Å². The highest BCUT2D eigenvalue weighted by Gasteiger charge is 2.26. The molecule has 0 fully saturated rings. The molecule has 0 aliphatic heterocycles. The smallest absolute Gasteiger partial charge is 0.375 e. The molecule has 1 N–H and O–H groups in total. The van der Waals surface area contributed by atoms with Crippen LogP contribution in [-0.4, -0.2) is 53.8 Å². The van der Waals surface area contributed by atoms with Gasteiger partial charge in [0.15, 0.2) is 5.12 Å². The van der Waals surface area contributed by atoms with Gasteiger partial charge >= 0.3 is 11.9 Å². The van der Waals surface area contributed by atoms with Gasteiger partial charge in [0.1, 0.15) is 6.04 Å². The van der Waals surface area contributed by atoms with Gasteiger partial charge in [0.2, 0.25) is 11.7 Å². The Bertz CT molecular complexity index is 490. The summed E-state index contributed by atoms with van der Waals surface area (Å²) in [6.07, 6.45) is -0.628. The Labute approximate surface area is 145 Å². The topological polar surface area (TPSA) is 116 Å². The third-order valence-corrected chi connectivity index (χ3v) is 3.60. The molecule has 1 atom stereocenters. The Morgan fingerprint density at radius 3 is 2.08 bits per heavy atom. The van der Waals surface area contributed by atoms with Crippen LogP contribution in [0.5, 0.6) is 0 Å². The Balaban J connectivity index is 4.61. The van der Waals surface area contributed by atoms with Crippen molar-refractivity contribution in [1.29, 1.82) is 0 Å². The zero-order valence-corrected chi connectivity index (χ0v) is 15.1. The molecule has 8 nitrogen and oxygen atoms in total. The number of ether oxygens (including phenoxy) is 2. The average molecular weight is 361 g/mol. The minimum Gasteiger partial charge on any atom is -0.464 e. The Hall–Kier alpha value is -1.90. The van der Waals surface area contributed by atoms with Crippen molar-refractivity contribution in [2.24, 2.45) is 5.92 Å². The normalized spacial score (nSPS) is 11.5. The first kappa shape index (κ1) is 22.1. The second kappa shape index (κ2) is 11.6. The maximum Gasteiger partial charge on any atom is 0.375 e. The van der Waals surface area contributed by atoms with E-state index in [0.717, 1.165) is 0 Å². The third kappa shape index (κ3) is 8.66. The Morgan fingerprint density at radius 2 is 1.58 bits per heavy atom. The van der Waals surface area contributed by atoms with E-state index in [-0.39, 0.29) is 30.8 Å². The average Bonchev–Trinajstić information content (AvgIpc) is 2.51. The number of rotatable bonds is 10. The van der Waals surface area contributed by atoms with Gasteiger partial charge in [-0.15, -0.1) is 0 Å². The first-order chi connectivity index (χ1) is 11.2. The fraction of sp³-hybridized carbons (Fsp3) is 0.667. The number of Topliss-reactive ketones (excluding diaryl/α,β-unsaturated/α-hetero) is 1. The van der Waals surface area contributed by atoms with Crippen LogP contribution in [0, 0.1) is 5.92 Å². The van der Waals surface area contributed by atoms with Crippen LogP contribution in [0.25, 0.3) is 0 Å². The van der Waals surface area contributed by atoms with Gasteiger partial charge in [-0.25, -0.2) is 9.59 Å². The second-order valence-corrected chi connectivity index (χ2v) is 6.05. The lowest BCUT2D eigenvalue weighted by molar-refractivity contribution is -0.154. The van der Waals surface area contributed by atoms with E-state index in [4.69, 9.17) is 4.74 Å². The van der Waals surface area contributed by atoms with Gasteiger partial charge in [0.25, 0.3) is 0 Å². The number of esters is 2. The highest BCUT2D eigenvalue weighted by Crippen LogP contribution is 2.10. The maximum atomic E-state index is 11.8. The minimum atomic E-state index is -1.07. The van der Waals surface area contributed by atoms with Crippen LogP contribution >= 0.6 is 11.8 Å². The Morgan fingerprint density at radius 1 is 1.00 bits per heavy atom. The molecule has 1 unspecified atom stereocenters. The fourth-order valence-electron chi connectivity index (χ4n) is 1.39. The van der Waals surface area contributed by atoms with Crippen LogP contribution in [-0.2, 0) is 33.4 Å². The van der Waals surface area contributed by atoms with E-state index in [1.165, 1.54) is 0 Å². The lowest BCUT2D eigenvalue weighted by atomic mass is 10.2. The number of nitrogens with one attached hydrogen (secondary N) is 1. The molecule has 0 saturated carbocycles. The van der Waals surface area contributed by atoms with Crippen molar-refractivity contribution in [3.8, 4) is 0 Å². The van der Waals surface area contributed by atoms with Gasteiger partial charge in [-0.1, -0.05) is 25.6 Å². The van der Waals surface area contributed by atoms with E-state index in [1.807, 2.05) is 0 Å². The molecule has 0 aromatic carbocycles. The van der Waals surface area contributed by atoms with Crippen LogP contribution in [0.2, 0.25) is 0 Å². The Kier molecular flexibility index (Phi) is 10.7. The summed E-state index contributed by atoms with van der Waals surface area (Å²) in [6.45, 7) is 6.66. The SMILES string of the molecule is CCOC(=O)C(=O)CC(=O)SCC(NC(=O)C(C)C)C(=O)OCC. The van der Waals surface area contributed by atoms with Crippen LogP contribution in [0.1, 0.15) is 34.1 Å². The molecule has 0 aromatic heterocycles. The zero-order valence-electron chi connectivity index (χ0n) is 14.2. The number of hydrogen-bond acceptors (Lipinski definition) is 8. The summed E-state index contributed by atoms with van der Waals surface area (Å²) in [6, 6.07) is -1.01. The summed E-state index contributed by atoms with van der Waals surface area (Å²) in [5.41, 5.74) is 0. The lowest BCUT2D eigenvalue weighted by Gasteiger charge is -2.17. The molecule has 1 amide bonds. The zero-order chi connectivity index (χ0) is 18.7. The quantitative estimate of drug-likeness (QED) is 0.339. The highest BCUT2D eigenvalue weighted by atomic mass is 32.2. The first-order valence-electron chi connectivity index (χ1n) is 7.55. The lowest BCUT2D eigenvalue weighted by Crippen LogP contribution is -2.45. The minimum absolute atomic E-state index is 0.0398. The predicted molar refractivity (Wildman–Crippen MR) is 87.1 cm³/mol. The van der Waals surface area contributed by atoms with E-state index in [9.17, 15) is 24.0 Å². The van der Waals surface area contributed by atoms with Crippen molar-refractivity contribution in [3.63, 3.8) is 0 Å². The highest BCUT2D eigenvalue weighted by molar-refractivity contribution is 8.13. The number of ketones is 1. The molecule has 24 heavy (non-hydrogen) atoms. The molecule has 0 rings (SSSR count). The molecule has 0 aliphatic carbocycles. The number of carbonyl (C=O) groups excluding carboxylic acids is 5. The summed E-state index contributed by atoms with van der Waals surface area (Å²) in [7, 11) is 0. The third-order valence-electron chi connectivity index (χ3n) is 2.63. The van der Waals surface area contributed by atoms with Crippen molar-refractivity contribution in [2.45, 2.75) is 40.2 Å². The van der Waals surface area contributed by atoms with Crippen molar-refractivity contribution in [2.75, 3.05) is 19.0 Å². The molecule has 0 aliphatic rings. The van der Waals surface area contributed by atoms with Gasteiger partial charge in [-0.2, -0.15) is 0 Å². The van der Waals surface area contributed by atoms with E-state index in [2.05, 4.69) is 10.1 Å². The van der Waals surface area contributed by atoms with Crippen molar-refractivity contribution >= 4 is 40.5 Å². The molecule has 0 bridgehead atoms. The van der Waals surface area contributed by atoms with Gasteiger partial charge in [0, 0.05) is 11.7 Å². The number of hydrogen-bond donors (Lipinski definition) is 1. The van der Waals surface area contributed by atoms with Gasteiger partial charge < -0.3 is 14.8 Å². The number of amides is 1. The van der Waals surface area contributed by atoms with E-state index < -0.39 is 35.3 Å². The molecule has 0 heterocycles. The van der Waals surface area contributed by atoms with Gasteiger partial charge in [-0.3, -0.25) is 14.4 Å². The van der Waals surface area contributed by atoms with E-state index in [1.54, 1.807) is 27.7 Å². The van der Waals surface area contributed by atoms with Crippen LogP contribution in [0.15, 0.2) is 0 Å². The number of thioether (sulfide) groups is 1.